The van der Waals surface area contributed by atoms with Gasteiger partial charge in [-0.25, -0.2) is 4.98 Å². The largest absolute Gasteiger partial charge is 0.481 e. The van der Waals surface area contributed by atoms with Crippen molar-refractivity contribution in [3.8, 4) is 0 Å². The van der Waals surface area contributed by atoms with Crippen LogP contribution in [0.1, 0.15) is 62.7 Å². The van der Waals surface area contributed by atoms with Gasteiger partial charge in [-0.3, -0.25) is 9.59 Å². The summed E-state index contributed by atoms with van der Waals surface area (Å²) < 4.78 is 0. The minimum atomic E-state index is -0.806. The van der Waals surface area contributed by atoms with Crippen molar-refractivity contribution >= 4 is 17.7 Å². The summed E-state index contributed by atoms with van der Waals surface area (Å²) in [6, 6.07) is 3.76. The third-order valence-corrected chi connectivity index (χ3v) is 4.77. The smallest absolute Gasteiger partial charge is 0.303 e. The third kappa shape index (κ3) is 5.18. The molecule has 1 aromatic heterocycles. The monoisotopic (exact) mass is 347 g/mol. The molecule has 6 heteroatoms. The van der Waals surface area contributed by atoms with E-state index in [2.05, 4.69) is 23.7 Å². The molecule has 25 heavy (non-hydrogen) atoms. The van der Waals surface area contributed by atoms with E-state index < -0.39 is 5.97 Å². The molecule has 0 saturated carbocycles. The standard InChI is InChI=1S/C19H29N3O3/c1-3-12-21(4-2)17-10-8-15(14-20-17)19(25)22-13-6-5-7-16(22)9-11-18(23)24/h8,10,14,16H,3-7,9,11-13H2,1-2H3,(H,23,24). The second kappa shape index (κ2) is 9.39. The number of rotatable bonds is 8. The van der Waals surface area contributed by atoms with Crippen molar-refractivity contribution in [3.05, 3.63) is 23.9 Å². The number of carboxylic acids is 1. The van der Waals surface area contributed by atoms with E-state index in [4.69, 9.17) is 5.11 Å². The van der Waals surface area contributed by atoms with Crippen molar-refractivity contribution in [2.45, 2.75) is 58.4 Å². The van der Waals surface area contributed by atoms with Crippen molar-refractivity contribution in [1.29, 1.82) is 0 Å². The molecule has 1 unspecified atom stereocenters. The Labute approximate surface area is 149 Å². The third-order valence-electron chi connectivity index (χ3n) is 4.77. The first-order valence-corrected chi connectivity index (χ1v) is 9.30. The summed E-state index contributed by atoms with van der Waals surface area (Å²) in [7, 11) is 0. The van der Waals surface area contributed by atoms with Crippen LogP contribution < -0.4 is 4.90 Å². The van der Waals surface area contributed by atoms with Gasteiger partial charge in [0, 0.05) is 38.3 Å². The highest BCUT2D eigenvalue weighted by atomic mass is 16.4. The highest BCUT2D eigenvalue weighted by Gasteiger charge is 2.28. The Morgan fingerprint density at radius 2 is 2.12 bits per heavy atom. The molecule has 1 aromatic rings. The van der Waals surface area contributed by atoms with Crippen LogP contribution in [-0.2, 0) is 4.79 Å². The number of aromatic nitrogens is 1. The van der Waals surface area contributed by atoms with E-state index in [1.165, 1.54) is 0 Å². The lowest BCUT2D eigenvalue weighted by molar-refractivity contribution is -0.137. The van der Waals surface area contributed by atoms with Crippen molar-refractivity contribution in [2.75, 3.05) is 24.5 Å². The molecule has 6 nitrogen and oxygen atoms in total. The highest BCUT2D eigenvalue weighted by Crippen LogP contribution is 2.23. The molecule has 1 aliphatic rings. The molecule has 0 bridgehead atoms. The van der Waals surface area contributed by atoms with Crippen LogP contribution in [0.3, 0.4) is 0 Å². The maximum absolute atomic E-state index is 12.9. The highest BCUT2D eigenvalue weighted by molar-refractivity contribution is 5.94. The lowest BCUT2D eigenvalue weighted by Crippen LogP contribution is -2.44. The fourth-order valence-corrected chi connectivity index (χ4v) is 3.43. The van der Waals surface area contributed by atoms with Gasteiger partial charge in [0.15, 0.2) is 0 Å². The summed E-state index contributed by atoms with van der Waals surface area (Å²) in [6.45, 7) is 6.75. The topological polar surface area (TPSA) is 73.7 Å². The van der Waals surface area contributed by atoms with Gasteiger partial charge in [0.1, 0.15) is 5.82 Å². The summed E-state index contributed by atoms with van der Waals surface area (Å²) in [5.41, 5.74) is 0.582. The Hall–Kier alpha value is -2.11. The van der Waals surface area contributed by atoms with Crippen LogP contribution in [0.25, 0.3) is 0 Å². The van der Waals surface area contributed by atoms with E-state index in [9.17, 15) is 9.59 Å². The molecule has 1 amide bonds. The number of carboxylic acid groups (broad SMARTS) is 1. The number of pyridine rings is 1. The molecule has 1 atom stereocenters. The van der Waals surface area contributed by atoms with Gasteiger partial charge in [-0.1, -0.05) is 6.92 Å². The molecule has 0 aromatic carbocycles. The fourth-order valence-electron chi connectivity index (χ4n) is 3.43. The number of carbonyl (C=O) groups excluding carboxylic acids is 1. The first-order valence-electron chi connectivity index (χ1n) is 9.30. The lowest BCUT2D eigenvalue weighted by Gasteiger charge is -2.35. The minimum Gasteiger partial charge on any atom is -0.481 e. The Balaban J connectivity index is 2.08. The first-order chi connectivity index (χ1) is 12.1. The van der Waals surface area contributed by atoms with Crippen LogP contribution in [0.2, 0.25) is 0 Å². The molecule has 138 valence electrons. The van der Waals surface area contributed by atoms with Crippen molar-refractivity contribution in [2.24, 2.45) is 0 Å². The van der Waals surface area contributed by atoms with Gasteiger partial charge >= 0.3 is 5.97 Å². The average molecular weight is 347 g/mol. The zero-order valence-electron chi connectivity index (χ0n) is 15.3. The van der Waals surface area contributed by atoms with Gasteiger partial charge in [0.05, 0.1) is 5.56 Å². The van der Waals surface area contributed by atoms with Gasteiger partial charge in [-0.2, -0.15) is 0 Å². The first kappa shape index (κ1) is 19.2. The zero-order chi connectivity index (χ0) is 18.2. The van der Waals surface area contributed by atoms with E-state index in [0.717, 1.165) is 44.6 Å². The van der Waals surface area contributed by atoms with Crippen LogP contribution in [-0.4, -0.2) is 52.5 Å². The summed E-state index contributed by atoms with van der Waals surface area (Å²) in [6.07, 6.45) is 6.23. The molecule has 1 saturated heterocycles. The Morgan fingerprint density at radius 3 is 2.72 bits per heavy atom. The molecule has 0 aliphatic carbocycles. The van der Waals surface area contributed by atoms with Crippen LogP contribution in [0, 0.1) is 0 Å². The molecule has 1 fully saturated rings. The summed E-state index contributed by atoms with van der Waals surface area (Å²) in [4.78, 5) is 32.2. The van der Waals surface area contributed by atoms with E-state index in [0.29, 0.717) is 18.5 Å². The molecule has 0 radical (unpaired) electrons. The fraction of sp³-hybridized carbons (Fsp3) is 0.632. The van der Waals surface area contributed by atoms with Gasteiger partial charge < -0.3 is 14.9 Å². The summed E-state index contributed by atoms with van der Waals surface area (Å²) in [5, 5.41) is 8.92. The van der Waals surface area contributed by atoms with Crippen LogP contribution in [0.4, 0.5) is 5.82 Å². The average Bonchev–Trinajstić information content (AvgIpc) is 2.64. The Kier molecular flexibility index (Phi) is 7.22. The molecule has 2 rings (SSSR count). The molecular formula is C19H29N3O3. The Morgan fingerprint density at radius 1 is 1.32 bits per heavy atom. The quantitative estimate of drug-likeness (QED) is 0.782. The van der Waals surface area contributed by atoms with Crippen molar-refractivity contribution < 1.29 is 14.7 Å². The van der Waals surface area contributed by atoms with Crippen LogP contribution in [0.5, 0.6) is 0 Å². The summed E-state index contributed by atoms with van der Waals surface area (Å²) in [5.74, 6) is 0.0502. The lowest BCUT2D eigenvalue weighted by atomic mass is 9.97. The number of hydrogen-bond donors (Lipinski definition) is 1. The predicted molar refractivity (Wildman–Crippen MR) is 98.0 cm³/mol. The minimum absolute atomic E-state index is 0.0178. The van der Waals surface area contributed by atoms with Crippen molar-refractivity contribution in [3.63, 3.8) is 0 Å². The number of hydrogen-bond acceptors (Lipinski definition) is 4. The van der Waals surface area contributed by atoms with E-state index >= 15 is 0 Å². The van der Waals surface area contributed by atoms with Gasteiger partial charge in [0.2, 0.25) is 0 Å². The number of anilines is 1. The molecule has 1 N–H and O–H groups in total. The molecular weight excluding hydrogens is 318 g/mol. The predicted octanol–water partition coefficient (Wildman–Crippen LogP) is 3.18. The van der Waals surface area contributed by atoms with Crippen LogP contribution in [0.15, 0.2) is 18.3 Å². The van der Waals surface area contributed by atoms with Gasteiger partial charge in [0.25, 0.3) is 5.91 Å². The zero-order valence-corrected chi connectivity index (χ0v) is 15.3. The van der Waals surface area contributed by atoms with Gasteiger partial charge in [-0.05, 0) is 51.2 Å². The van der Waals surface area contributed by atoms with Crippen LogP contribution >= 0.6 is 0 Å². The normalized spacial score (nSPS) is 17.4. The number of nitrogens with zero attached hydrogens (tertiary/aromatic N) is 3. The number of amides is 1. The Bertz CT molecular complexity index is 574. The molecule has 0 spiro atoms. The summed E-state index contributed by atoms with van der Waals surface area (Å²) >= 11 is 0. The SMILES string of the molecule is CCCN(CC)c1ccc(C(=O)N2CCCCC2CCC(=O)O)cn1. The van der Waals surface area contributed by atoms with E-state index in [-0.39, 0.29) is 18.4 Å². The van der Waals surface area contributed by atoms with Gasteiger partial charge in [-0.15, -0.1) is 0 Å². The maximum Gasteiger partial charge on any atom is 0.303 e. The maximum atomic E-state index is 12.9. The number of carbonyl (C=O) groups is 2. The number of piperidine rings is 1. The number of likely N-dealkylation sites (tertiary alicyclic amines) is 1. The second-order valence-electron chi connectivity index (χ2n) is 6.57. The van der Waals surface area contributed by atoms with Crippen molar-refractivity contribution in [1.82, 2.24) is 9.88 Å². The van der Waals surface area contributed by atoms with E-state index in [1.807, 2.05) is 17.0 Å². The molecule has 1 aliphatic heterocycles. The second-order valence-corrected chi connectivity index (χ2v) is 6.57. The number of aliphatic carboxylic acids is 1. The van der Waals surface area contributed by atoms with E-state index in [1.54, 1.807) is 6.20 Å². The molecule has 2 heterocycles.